The minimum atomic E-state index is -0.621. The van der Waals surface area contributed by atoms with Crippen LogP contribution in [0.15, 0.2) is 48.0 Å². The standard InChI is InChI=1S/C23H22FNO4/c1-14-8-9-15(11-18(14)24)13-25-19-6-3-2-5-16(19)22(27)17(12-21(25)26)23(28)20-7-4-10-29-20/h2-3,5-6,8-9,11,20,27H,4,7,10,12-13H2,1H3. The molecule has 1 amide bonds. The number of fused-ring (bicyclic) bond motifs is 1. The molecule has 1 atom stereocenters. The van der Waals surface area contributed by atoms with Crippen LogP contribution in [0.1, 0.15) is 36.0 Å². The van der Waals surface area contributed by atoms with Crippen molar-refractivity contribution in [2.45, 2.75) is 38.8 Å². The maximum atomic E-state index is 14.0. The van der Waals surface area contributed by atoms with Gasteiger partial charge in [-0.25, -0.2) is 4.39 Å². The quantitative estimate of drug-likeness (QED) is 0.847. The van der Waals surface area contributed by atoms with E-state index in [0.717, 1.165) is 6.42 Å². The number of ketones is 1. The number of aliphatic hydroxyl groups excluding tert-OH is 1. The van der Waals surface area contributed by atoms with Crippen molar-refractivity contribution in [3.05, 3.63) is 70.5 Å². The molecule has 2 aliphatic heterocycles. The molecule has 0 saturated carbocycles. The average molecular weight is 395 g/mol. The molecule has 29 heavy (non-hydrogen) atoms. The Labute approximate surface area is 168 Å². The number of para-hydroxylation sites is 1. The van der Waals surface area contributed by atoms with E-state index in [1.54, 1.807) is 43.3 Å². The molecule has 2 heterocycles. The van der Waals surface area contributed by atoms with Gasteiger partial charge in [-0.05, 0) is 49.1 Å². The fraction of sp³-hybridized carbons (Fsp3) is 0.304. The van der Waals surface area contributed by atoms with Crippen LogP contribution in [-0.2, 0) is 20.9 Å². The largest absolute Gasteiger partial charge is 0.507 e. The SMILES string of the molecule is Cc1ccc(CN2C(=O)CC(C(=O)C3CCCO3)=C(O)c3ccccc32)cc1F. The number of nitrogens with zero attached hydrogens (tertiary/aromatic N) is 1. The minimum Gasteiger partial charge on any atom is -0.507 e. The molecule has 1 fully saturated rings. The monoisotopic (exact) mass is 395 g/mol. The predicted molar refractivity (Wildman–Crippen MR) is 107 cm³/mol. The van der Waals surface area contributed by atoms with Crippen molar-refractivity contribution in [1.82, 2.24) is 0 Å². The van der Waals surface area contributed by atoms with Crippen molar-refractivity contribution in [2.75, 3.05) is 11.5 Å². The lowest BCUT2D eigenvalue weighted by molar-refractivity contribution is -0.126. The fourth-order valence-electron chi connectivity index (χ4n) is 3.81. The number of carbonyl (C=O) groups is 2. The molecular formula is C23H22FNO4. The molecule has 2 aromatic carbocycles. The molecule has 1 saturated heterocycles. The number of amides is 1. The number of ether oxygens (including phenoxy) is 1. The zero-order valence-corrected chi connectivity index (χ0v) is 16.2. The van der Waals surface area contributed by atoms with E-state index in [-0.39, 0.29) is 41.8 Å². The number of carbonyl (C=O) groups excluding carboxylic acids is 2. The normalized spacial score (nSPS) is 19.3. The van der Waals surface area contributed by atoms with E-state index in [1.807, 2.05) is 0 Å². The Kier molecular flexibility index (Phi) is 5.20. The van der Waals surface area contributed by atoms with Crippen LogP contribution in [0.4, 0.5) is 10.1 Å². The summed E-state index contributed by atoms with van der Waals surface area (Å²) in [5.74, 6) is -1.20. The summed E-state index contributed by atoms with van der Waals surface area (Å²) in [7, 11) is 0. The Balaban J connectivity index is 1.72. The first-order valence-electron chi connectivity index (χ1n) is 9.68. The van der Waals surface area contributed by atoms with Crippen molar-refractivity contribution in [3.8, 4) is 0 Å². The van der Waals surface area contributed by atoms with Gasteiger partial charge in [0, 0.05) is 17.7 Å². The smallest absolute Gasteiger partial charge is 0.232 e. The zero-order chi connectivity index (χ0) is 20.5. The van der Waals surface area contributed by atoms with Gasteiger partial charge in [-0.1, -0.05) is 24.3 Å². The van der Waals surface area contributed by atoms with Gasteiger partial charge in [-0.15, -0.1) is 0 Å². The lowest BCUT2D eigenvalue weighted by Crippen LogP contribution is -2.31. The molecule has 0 aromatic heterocycles. The molecular weight excluding hydrogens is 373 g/mol. The number of halogens is 1. The first kappa shape index (κ1) is 19.3. The van der Waals surface area contributed by atoms with E-state index in [4.69, 9.17) is 4.74 Å². The second kappa shape index (κ2) is 7.79. The van der Waals surface area contributed by atoms with Crippen LogP contribution in [0, 0.1) is 12.7 Å². The van der Waals surface area contributed by atoms with E-state index in [1.165, 1.54) is 11.0 Å². The van der Waals surface area contributed by atoms with Gasteiger partial charge in [0.05, 0.1) is 18.7 Å². The number of anilines is 1. The number of aryl methyl sites for hydroxylation is 1. The van der Waals surface area contributed by atoms with Gasteiger partial charge in [0.1, 0.15) is 17.7 Å². The third-order valence-corrected chi connectivity index (χ3v) is 5.46. The van der Waals surface area contributed by atoms with Crippen LogP contribution in [-0.4, -0.2) is 29.5 Å². The molecule has 2 aliphatic rings. The number of rotatable bonds is 4. The average Bonchev–Trinajstić information content (AvgIpc) is 3.23. The molecule has 1 N–H and O–H groups in total. The predicted octanol–water partition coefficient (Wildman–Crippen LogP) is 4.09. The molecule has 0 aliphatic carbocycles. The van der Waals surface area contributed by atoms with E-state index >= 15 is 0 Å². The van der Waals surface area contributed by atoms with Crippen LogP contribution in [0.25, 0.3) is 5.76 Å². The van der Waals surface area contributed by atoms with Crippen LogP contribution < -0.4 is 4.90 Å². The van der Waals surface area contributed by atoms with E-state index in [9.17, 15) is 19.1 Å². The molecule has 0 spiro atoms. The van der Waals surface area contributed by atoms with Crippen LogP contribution >= 0.6 is 0 Å². The summed E-state index contributed by atoms with van der Waals surface area (Å²) in [6.45, 7) is 2.32. The summed E-state index contributed by atoms with van der Waals surface area (Å²) in [4.78, 5) is 27.5. The van der Waals surface area contributed by atoms with Crippen molar-refractivity contribution in [2.24, 2.45) is 0 Å². The minimum absolute atomic E-state index is 0.0759. The Morgan fingerprint density at radius 2 is 2.07 bits per heavy atom. The maximum absolute atomic E-state index is 14.0. The number of hydrogen-bond acceptors (Lipinski definition) is 4. The van der Waals surface area contributed by atoms with Gasteiger partial charge in [0.15, 0.2) is 5.78 Å². The van der Waals surface area contributed by atoms with Crippen LogP contribution in [0.3, 0.4) is 0 Å². The number of Topliss-reactive ketones (excluding diaryl/α,β-unsaturated/α-hetero) is 1. The third-order valence-electron chi connectivity index (χ3n) is 5.46. The Morgan fingerprint density at radius 1 is 1.28 bits per heavy atom. The topological polar surface area (TPSA) is 66.8 Å². The summed E-state index contributed by atoms with van der Waals surface area (Å²) in [6.07, 6.45) is 0.510. The number of hydrogen-bond donors (Lipinski definition) is 1. The molecule has 150 valence electrons. The summed E-state index contributed by atoms with van der Waals surface area (Å²) < 4.78 is 19.5. The second-order valence-electron chi connectivity index (χ2n) is 7.45. The van der Waals surface area contributed by atoms with E-state index in [0.29, 0.717) is 35.4 Å². The van der Waals surface area contributed by atoms with Gasteiger partial charge >= 0.3 is 0 Å². The highest BCUT2D eigenvalue weighted by molar-refractivity contribution is 6.12. The molecule has 5 nitrogen and oxygen atoms in total. The van der Waals surface area contributed by atoms with Gasteiger partial charge in [-0.2, -0.15) is 0 Å². The van der Waals surface area contributed by atoms with Crippen molar-refractivity contribution in [1.29, 1.82) is 0 Å². The van der Waals surface area contributed by atoms with Gasteiger partial charge < -0.3 is 14.7 Å². The summed E-state index contributed by atoms with van der Waals surface area (Å²) >= 11 is 0. The van der Waals surface area contributed by atoms with E-state index < -0.39 is 6.10 Å². The highest BCUT2D eigenvalue weighted by Crippen LogP contribution is 2.35. The molecule has 0 radical (unpaired) electrons. The summed E-state index contributed by atoms with van der Waals surface area (Å²) in [5, 5.41) is 10.9. The van der Waals surface area contributed by atoms with Gasteiger partial charge in [0.2, 0.25) is 5.91 Å². The zero-order valence-electron chi connectivity index (χ0n) is 16.2. The second-order valence-corrected chi connectivity index (χ2v) is 7.45. The summed E-state index contributed by atoms with van der Waals surface area (Å²) in [6, 6.07) is 11.7. The van der Waals surface area contributed by atoms with Crippen molar-refractivity contribution >= 4 is 23.1 Å². The molecule has 4 rings (SSSR count). The number of aliphatic hydroxyl groups is 1. The maximum Gasteiger partial charge on any atom is 0.232 e. The molecule has 0 bridgehead atoms. The molecule has 6 heteroatoms. The lowest BCUT2D eigenvalue weighted by atomic mass is 9.98. The Morgan fingerprint density at radius 3 is 2.79 bits per heavy atom. The van der Waals surface area contributed by atoms with E-state index in [2.05, 4.69) is 0 Å². The Hall–Kier alpha value is -2.99. The highest BCUT2D eigenvalue weighted by Gasteiger charge is 2.34. The van der Waals surface area contributed by atoms with Gasteiger partial charge in [0.25, 0.3) is 0 Å². The van der Waals surface area contributed by atoms with Crippen molar-refractivity contribution < 1.29 is 23.8 Å². The first-order valence-corrected chi connectivity index (χ1v) is 9.68. The first-order chi connectivity index (χ1) is 14.0. The number of benzene rings is 2. The lowest BCUT2D eigenvalue weighted by Gasteiger charge is -2.23. The fourth-order valence-corrected chi connectivity index (χ4v) is 3.81. The molecule has 2 aromatic rings. The van der Waals surface area contributed by atoms with Crippen LogP contribution in [0.5, 0.6) is 0 Å². The molecule has 1 unspecified atom stereocenters. The summed E-state index contributed by atoms with van der Waals surface area (Å²) in [5.41, 5.74) is 2.13. The van der Waals surface area contributed by atoms with Crippen molar-refractivity contribution in [3.63, 3.8) is 0 Å². The van der Waals surface area contributed by atoms with Crippen LogP contribution in [0.2, 0.25) is 0 Å². The Bertz CT molecular complexity index is 1010. The highest BCUT2D eigenvalue weighted by atomic mass is 19.1. The van der Waals surface area contributed by atoms with Gasteiger partial charge in [-0.3, -0.25) is 9.59 Å². The third kappa shape index (κ3) is 3.68.